The smallest absolute Gasteiger partial charge is 0.466 e. The van der Waals surface area contributed by atoms with Gasteiger partial charge < -0.3 is 35.9 Å². The maximum Gasteiger partial charge on any atom is 0.466 e. The van der Waals surface area contributed by atoms with Crippen molar-refractivity contribution in [2.75, 3.05) is 13.2 Å². The largest absolute Gasteiger partial charge is 0.480 e. The molecule has 108 valence electrons. The molecule has 0 bridgehead atoms. The van der Waals surface area contributed by atoms with Gasteiger partial charge in [-0.25, -0.2) is 4.57 Å². The summed E-state index contributed by atoms with van der Waals surface area (Å²) in [5.74, 6) is -1.42. The first-order valence-corrected chi connectivity index (χ1v) is 6.28. The molecular formula is C7H17N2O8P. The van der Waals surface area contributed by atoms with Crippen LogP contribution in [-0.4, -0.2) is 56.0 Å². The third kappa shape index (κ3) is 20.4. The van der Waals surface area contributed by atoms with Crippen LogP contribution in [-0.2, 0) is 14.2 Å². The number of nitrogens with one attached hydrogen (secondary N) is 1. The SMILES string of the molecule is N[C@@H](CCC(=O)NCCO)C(=O)O.O=P(O)(O)O. The second-order valence-corrected chi connectivity index (χ2v) is 4.10. The van der Waals surface area contributed by atoms with E-state index in [2.05, 4.69) is 5.32 Å². The Balaban J connectivity index is 0. The number of aliphatic carboxylic acids is 1. The highest BCUT2D eigenvalue weighted by molar-refractivity contribution is 7.45. The van der Waals surface area contributed by atoms with E-state index in [1.54, 1.807) is 0 Å². The first-order chi connectivity index (χ1) is 8.07. The van der Waals surface area contributed by atoms with Gasteiger partial charge in [0, 0.05) is 13.0 Å². The molecular weight excluding hydrogens is 271 g/mol. The summed E-state index contributed by atoms with van der Waals surface area (Å²) in [4.78, 5) is 42.6. The fraction of sp³-hybridized carbons (Fsp3) is 0.714. The molecule has 0 radical (unpaired) electrons. The number of carboxylic acids is 1. The molecule has 11 heteroatoms. The average molecular weight is 288 g/mol. The average Bonchev–Trinajstić information content (AvgIpc) is 2.20. The number of carbonyl (C=O) groups excluding carboxylic acids is 1. The highest BCUT2D eigenvalue weighted by atomic mass is 31.2. The van der Waals surface area contributed by atoms with Gasteiger partial charge in [-0.1, -0.05) is 0 Å². The zero-order valence-corrected chi connectivity index (χ0v) is 10.3. The monoisotopic (exact) mass is 288 g/mol. The lowest BCUT2D eigenvalue weighted by atomic mass is 10.1. The van der Waals surface area contributed by atoms with Crippen LogP contribution in [0.4, 0.5) is 0 Å². The molecule has 0 unspecified atom stereocenters. The molecule has 10 nitrogen and oxygen atoms in total. The van der Waals surface area contributed by atoms with E-state index in [0.717, 1.165) is 0 Å². The van der Waals surface area contributed by atoms with E-state index in [-0.39, 0.29) is 31.9 Å². The van der Waals surface area contributed by atoms with Crippen molar-refractivity contribution in [2.45, 2.75) is 18.9 Å². The third-order valence-corrected chi connectivity index (χ3v) is 1.43. The van der Waals surface area contributed by atoms with Crippen LogP contribution in [0.15, 0.2) is 0 Å². The number of carboxylic acid groups (broad SMARTS) is 1. The summed E-state index contributed by atoms with van der Waals surface area (Å²) in [7, 11) is -4.64. The Morgan fingerprint density at radius 3 is 2.06 bits per heavy atom. The van der Waals surface area contributed by atoms with Gasteiger partial charge in [0.05, 0.1) is 6.61 Å². The van der Waals surface area contributed by atoms with E-state index in [9.17, 15) is 9.59 Å². The fourth-order valence-corrected chi connectivity index (χ4v) is 0.694. The van der Waals surface area contributed by atoms with E-state index in [1.807, 2.05) is 0 Å². The molecule has 0 aliphatic carbocycles. The molecule has 0 rings (SSSR count). The van der Waals surface area contributed by atoms with Crippen molar-refractivity contribution in [1.82, 2.24) is 5.32 Å². The number of aliphatic hydroxyl groups is 1. The molecule has 0 spiro atoms. The van der Waals surface area contributed by atoms with Crippen molar-refractivity contribution >= 4 is 19.7 Å². The topological polar surface area (TPSA) is 190 Å². The number of nitrogens with two attached hydrogens (primary N) is 1. The fourth-order valence-electron chi connectivity index (χ4n) is 0.694. The van der Waals surface area contributed by atoms with Crippen LogP contribution in [0.25, 0.3) is 0 Å². The Morgan fingerprint density at radius 2 is 1.72 bits per heavy atom. The molecule has 0 aliphatic heterocycles. The normalized spacial score (nSPS) is 12.1. The van der Waals surface area contributed by atoms with Gasteiger partial charge in [-0.3, -0.25) is 9.59 Å². The lowest BCUT2D eigenvalue weighted by molar-refractivity contribution is -0.138. The summed E-state index contributed by atoms with van der Waals surface area (Å²) < 4.78 is 8.88. The van der Waals surface area contributed by atoms with Crippen molar-refractivity contribution in [3.8, 4) is 0 Å². The van der Waals surface area contributed by atoms with Crippen LogP contribution in [0.3, 0.4) is 0 Å². The maximum absolute atomic E-state index is 10.9. The second kappa shape index (κ2) is 9.95. The highest BCUT2D eigenvalue weighted by Gasteiger charge is 2.12. The summed E-state index contributed by atoms with van der Waals surface area (Å²) in [5.41, 5.74) is 5.16. The van der Waals surface area contributed by atoms with Gasteiger partial charge in [0.25, 0.3) is 0 Å². The van der Waals surface area contributed by atoms with Crippen LogP contribution in [0.1, 0.15) is 12.8 Å². The summed E-state index contributed by atoms with van der Waals surface area (Å²) in [5, 5.41) is 19.1. The Bertz CT molecular complexity index is 296. The molecule has 0 saturated heterocycles. The van der Waals surface area contributed by atoms with Gasteiger partial charge in [-0.05, 0) is 6.42 Å². The van der Waals surface area contributed by atoms with Crippen LogP contribution in [0.2, 0.25) is 0 Å². The quantitative estimate of drug-likeness (QED) is 0.256. The molecule has 8 N–H and O–H groups in total. The van der Waals surface area contributed by atoms with E-state index in [4.69, 9.17) is 35.2 Å². The molecule has 0 heterocycles. The van der Waals surface area contributed by atoms with Crippen LogP contribution >= 0.6 is 7.82 Å². The Hall–Kier alpha value is -1.03. The van der Waals surface area contributed by atoms with Gasteiger partial charge in [0.15, 0.2) is 0 Å². The molecule has 0 aromatic carbocycles. The lowest BCUT2D eigenvalue weighted by Gasteiger charge is -2.05. The number of aliphatic hydroxyl groups excluding tert-OH is 1. The molecule has 0 aromatic rings. The zero-order chi connectivity index (χ0) is 14.8. The number of carbonyl (C=O) groups is 2. The molecule has 0 aromatic heterocycles. The van der Waals surface area contributed by atoms with Gasteiger partial charge >= 0.3 is 13.8 Å². The highest BCUT2D eigenvalue weighted by Crippen LogP contribution is 2.25. The van der Waals surface area contributed by atoms with Crippen molar-refractivity contribution in [2.24, 2.45) is 5.73 Å². The van der Waals surface area contributed by atoms with Gasteiger partial charge in [0.2, 0.25) is 5.91 Å². The summed E-state index contributed by atoms with van der Waals surface area (Å²) in [6, 6.07) is -1.00. The van der Waals surface area contributed by atoms with E-state index >= 15 is 0 Å². The molecule has 0 saturated carbocycles. The maximum atomic E-state index is 10.9. The minimum absolute atomic E-state index is 0.0630. The molecule has 18 heavy (non-hydrogen) atoms. The summed E-state index contributed by atoms with van der Waals surface area (Å²) in [6.07, 6.45) is 0.167. The molecule has 0 aliphatic rings. The van der Waals surface area contributed by atoms with Crippen molar-refractivity contribution in [3.63, 3.8) is 0 Å². The van der Waals surface area contributed by atoms with Crippen LogP contribution in [0, 0.1) is 0 Å². The van der Waals surface area contributed by atoms with Crippen LogP contribution in [0.5, 0.6) is 0 Å². The molecule has 0 fully saturated rings. The minimum Gasteiger partial charge on any atom is -0.480 e. The number of hydrogen-bond acceptors (Lipinski definition) is 5. The lowest BCUT2D eigenvalue weighted by Crippen LogP contribution is -2.33. The predicted octanol–water partition coefficient (Wildman–Crippen LogP) is -2.64. The van der Waals surface area contributed by atoms with Crippen molar-refractivity contribution in [1.29, 1.82) is 0 Å². The van der Waals surface area contributed by atoms with Gasteiger partial charge in [0.1, 0.15) is 6.04 Å². The van der Waals surface area contributed by atoms with Crippen molar-refractivity contribution < 1.29 is 39.0 Å². The number of rotatable bonds is 6. The molecule has 1 amide bonds. The van der Waals surface area contributed by atoms with Crippen LogP contribution < -0.4 is 11.1 Å². The van der Waals surface area contributed by atoms with Crippen molar-refractivity contribution in [3.05, 3.63) is 0 Å². The van der Waals surface area contributed by atoms with Gasteiger partial charge in [-0.2, -0.15) is 0 Å². The Morgan fingerprint density at radius 1 is 1.28 bits per heavy atom. The second-order valence-electron chi connectivity index (χ2n) is 3.07. The van der Waals surface area contributed by atoms with E-state index < -0.39 is 19.8 Å². The first-order valence-electron chi connectivity index (χ1n) is 4.72. The summed E-state index contributed by atoms with van der Waals surface area (Å²) >= 11 is 0. The first kappa shape index (κ1) is 19.3. The summed E-state index contributed by atoms with van der Waals surface area (Å²) in [6.45, 7) is 0.0534. The number of phosphoric acid groups is 1. The van der Waals surface area contributed by atoms with E-state index in [0.29, 0.717) is 0 Å². The number of amides is 1. The Kier molecular flexibility index (Phi) is 10.7. The Labute approximate surface area is 103 Å². The van der Waals surface area contributed by atoms with Gasteiger partial charge in [-0.15, -0.1) is 0 Å². The molecule has 1 atom stereocenters. The van der Waals surface area contributed by atoms with E-state index in [1.165, 1.54) is 0 Å². The minimum atomic E-state index is -4.64. The standard InChI is InChI=1S/C7H14N2O4.H3O4P/c8-5(7(12)13)1-2-6(11)9-3-4-10;1-5(2,3)4/h5,10H,1-4,8H2,(H,9,11)(H,12,13);(H3,1,2,3,4)/t5-;/m0./s1. The third-order valence-electron chi connectivity index (χ3n) is 1.43. The zero-order valence-electron chi connectivity index (χ0n) is 9.39. The number of hydrogen-bond donors (Lipinski definition) is 7. The predicted molar refractivity (Wildman–Crippen MR) is 59.2 cm³/mol.